The molecule has 1 N–H and O–H groups in total. The van der Waals surface area contributed by atoms with Crippen molar-refractivity contribution in [2.75, 3.05) is 18.0 Å². The number of carbonyl (C=O) groups is 1. The minimum atomic E-state index is -0.686. The second-order valence-corrected chi connectivity index (χ2v) is 5.05. The number of hydrogen-bond donors (Lipinski definition) is 1. The molecular weight excluding hydrogens is 216 g/mol. The molecule has 0 atom stereocenters. The van der Waals surface area contributed by atoms with Gasteiger partial charge in [-0.1, -0.05) is 6.07 Å². The molecule has 1 aliphatic heterocycles. The topological polar surface area (TPSA) is 53.4 Å². The van der Waals surface area contributed by atoms with Gasteiger partial charge < -0.3 is 10.0 Å². The van der Waals surface area contributed by atoms with Gasteiger partial charge in [0.05, 0.1) is 5.41 Å². The molecule has 1 aliphatic rings. The van der Waals surface area contributed by atoms with Crippen molar-refractivity contribution in [1.82, 2.24) is 4.98 Å². The van der Waals surface area contributed by atoms with Crippen molar-refractivity contribution in [3.63, 3.8) is 0 Å². The van der Waals surface area contributed by atoms with Gasteiger partial charge >= 0.3 is 5.97 Å². The van der Waals surface area contributed by atoms with E-state index in [1.807, 2.05) is 32.2 Å². The lowest BCUT2D eigenvalue weighted by Gasteiger charge is -2.37. The minimum Gasteiger partial charge on any atom is -0.481 e. The molecule has 0 unspecified atom stereocenters. The van der Waals surface area contributed by atoms with Crippen LogP contribution >= 0.6 is 0 Å². The van der Waals surface area contributed by atoms with Crippen molar-refractivity contribution in [3.8, 4) is 0 Å². The van der Waals surface area contributed by atoms with Gasteiger partial charge in [0.15, 0.2) is 0 Å². The van der Waals surface area contributed by atoms with E-state index < -0.39 is 11.4 Å². The molecule has 1 fully saturated rings. The first-order valence-corrected chi connectivity index (χ1v) is 5.92. The number of aryl methyl sites for hydroxylation is 1. The molecule has 4 nitrogen and oxygen atoms in total. The molecular formula is C13H18N2O2. The van der Waals surface area contributed by atoms with E-state index in [0.717, 1.165) is 24.5 Å². The first-order valence-electron chi connectivity index (χ1n) is 5.92. The summed E-state index contributed by atoms with van der Waals surface area (Å²) in [6.07, 6.45) is 3.20. The van der Waals surface area contributed by atoms with Crippen LogP contribution in [0.1, 0.15) is 25.3 Å². The van der Waals surface area contributed by atoms with E-state index in [-0.39, 0.29) is 0 Å². The predicted molar refractivity (Wildman–Crippen MR) is 66.2 cm³/mol. The van der Waals surface area contributed by atoms with Gasteiger partial charge in [-0.15, -0.1) is 0 Å². The number of piperidine rings is 1. The Hall–Kier alpha value is -1.58. The maximum absolute atomic E-state index is 11.1. The number of carboxylic acids is 1. The highest BCUT2D eigenvalue weighted by atomic mass is 16.4. The van der Waals surface area contributed by atoms with E-state index in [1.54, 1.807) is 0 Å². The van der Waals surface area contributed by atoms with Crippen LogP contribution in [-0.2, 0) is 4.79 Å². The average Bonchev–Trinajstić information content (AvgIpc) is 2.31. The Morgan fingerprint density at radius 3 is 2.53 bits per heavy atom. The zero-order chi connectivity index (χ0) is 12.5. The molecule has 1 saturated heterocycles. The van der Waals surface area contributed by atoms with Crippen LogP contribution in [0.5, 0.6) is 0 Å². The summed E-state index contributed by atoms with van der Waals surface area (Å²) < 4.78 is 0. The summed E-state index contributed by atoms with van der Waals surface area (Å²) in [6.45, 7) is 5.36. The number of rotatable bonds is 2. The van der Waals surface area contributed by atoms with Crippen LogP contribution in [0, 0.1) is 12.3 Å². The SMILES string of the molecule is Cc1ccc(N2CCC(C)(C(=O)O)CC2)nc1. The average molecular weight is 234 g/mol. The van der Waals surface area contributed by atoms with Crippen LogP contribution < -0.4 is 4.90 Å². The molecule has 0 saturated carbocycles. The second-order valence-electron chi connectivity index (χ2n) is 5.05. The van der Waals surface area contributed by atoms with Crippen molar-refractivity contribution in [3.05, 3.63) is 23.9 Å². The molecule has 4 heteroatoms. The van der Waals surface area contributed by atoms with Crippen LogP contribution in [-0.4, -0.2) is 29.1 Å². The highest BCUT2D eigenvalue weighted by molar-refractivity contribution is 5.74. The molecule has 0 aromatic carbocycles. The highest BCUT2D eigenvalue weighted by Crippen LogP contribution is 2.32. The number of aromatic nitrogens is 1. The fraction of sp³-hybridized carbons (Fsp3) is 0.538. The summed E-state index contributed by atoms with van der Waals surface area (Å²) in [5.74, 6) is 0.261. The highest BCUT2D eigenvalue weighted by Gasteiger charge is 2.37. The number of anilines is 1. The zero-order valence-electron chi connectivity index (χ0n) is 10.3. The smallest absolute Gasteiger partial charge is 0.309 e. The van der Waals surface area contributed by atoms with Gasteiger partial charge in [-0.05, 0) is 38.3 Å². The number of hydrogen-bond acceptors (Lipinski definition) is 3. The molecule has 1 aromatic rings. The molecule has 92 valence electrons. The van der Waals surface area contributed by atoms with E-state index in [2.05, 4.69) is 9.88 Å². The van der Waals surface area contributed by atoms with Crippen LogP contribution in [0.25, 0.3) is 0 Å². The van der Waals surface area contributed by atoms with Crippen molar-refractivity contribution in [2.45, 2.75) is 26.7 Å². The Morgan fingerprint density at radius 2 is 2.06 bits per heavy atom. The number of nitrogens with zero attached hydrogens (tertiary/aromatic N) is 2. The monoisotopic (exact) mass is 234 g/mol. The standard InChI is InChI=1S/C13H18N2O2/c1-10-3-4-11(14-9-10)15-7-5-13(2,6-8-15)12(16)17/h3-4,9H,5-8H2,1-2H3,(H,16,17). The zero-order valence-corrected chi connectivity index (χ0v) is 10.3. The van der Waals surface area contributed by atoms with Crippen molar-refractivity contribution < 1.29 is 9.90 Å². The largest absolute Gasteiger partial charge is 0.481 e. The molecule has 17 heavy (non-hydrogen) atoms. The maximum atomic E-state index is 11.1. The fourth-order valence-electron chi connectivity index (χ4n) is 2.09. The van der Waals surface area contributed by atoms with Crippen LogP contribution in [0.2, 0.25) is 0 Å². The predicted octanol–water partition coefficient (Wildman–Crippen LogP) is 2.08. The van der Waals surface area contributed by atoms with Gasteiger partial charge in [0.2, 0.25) is 0 Å². The molecule has 0 spiro atoms. The first-order chi connectivity index (χ1) is 8.01. The first kappa shape index (κ1) is 11.9. The summed E-state index contributed by atoms with van der Waals surface area (Å²) in [4.78, 5) is 17.7. The van der Waals surface area contributed by atoms with E-state index in [4.69, 9.17) is 5.11 Å². The van der Waals surface area contributed by atoms with Crippen LogP contribution in [0.3, 0.4) is 0 Å². The van der Waals surface area contributed by atoms with Gasteiger partial charge in [0.25, 0.3) is 0 Å². The maximum Gasteiger partial charge on any atom is 0.309 e. The van der Waals surface area contributed by atoms with Crippen LogP contribution in [0.4, 0.5) is 5.82 Å². The fourth-order valence-corrected chi connectivity index (χ4v) is 2.09. The van der Waals surface area contributed by atoms with E-state index >= 15 is 0 Å². The lowest BCUT2D eigenvalue weighted by molar-refractivity contribution is -0.149. The molecule has 1 aromatic heterocycles. The molecule has 0 radical (unpaired) electrons. The summed E-state index contributed by atoms with van der Waals surface area (Å²) in [7, 11) is 0. The summed E-state index contributed by atoms with van der Waals surface area (Å²) in [5.41, 5.74) is 0.572. The normalized spacial score (nSPS) is 19.1. The summed E-state index contributed by atoms with van der Waals surface area (Å²) in [5, 5.41) is 9.16. The van der Waals surface area contributed by atoms with Crippen molar-refractivity contribution >= 4 is 11.8 Å². The van der Waals surface area contributed by atoms with Gasteiger partial charge in [-0.2, -0.15) is 0 Å². The third-order valence-corrected chi connectivity index (χ3v) is 3.60. The lowest BCUT2D eigenvalue weighted by atomic mass is 9.80. The lowest BCUT2D eigenvalue weighted by Crippen LogP contribution is -2.43. The summed E-state index contributed by atoms with van der Waals surface area (Å²) in [6, 6.07) is 4.03. The van der Waals surface area contributed by atoms with Gasteiger partial charge in [0, 0.05) is 19.3 Å². The Morgan fingerprint density at radius 1 is 1.41 bits per heavy atom. The van der Waals surface area contributed by atoms with Crippen molar-refractivity contribution in [1.29, 1.82) is 0 Å². The van der Waals surface area contributed by atoms with E-state index in [9.17, 15) is 4.79 Å². The summed E-state index contributed by atoms with van der Waals surface area (Å²) >= 11 is 0. The van der Waals surface area contributed by atoms with E-state index in [0.29, 0.717) is 12.8 Å². The van der Waals surface area contributed by atoms with Crippen molar-refractivity contribution in [2.24, 2.45) is 5.41 Å². The number of pyridine rings is 1. The van der Waals surface area contributed by atoms with Gasteiger partial charge in [0.1, 0.15) is 5.82 Å². The number of carboxylic acid groups (broad SMARTS) is 1. The minimum absolute atomic E-state index is 0.568. The molecule has 2 rings (SSSR count). The molecule has 0 aliphatic carbocycles. The second kappa shape index (κ2) is 4.35. The molecule has 0 amide bonds. The molecule has 2 heterocycles. The Bertz CT molecular complexity index is 406. The van der Waals surface area contributed by atoms with Crippen LogP contribution in [0.15, 0.2) is 18.3 Å². The van der Waals surface area contributed by atoms with Gasteiger partial charge in [-0.25, -0.2) is 4.98 Å². The van der Waals surface area contributed by atoms with Gasteiger partial charge in [-0.3, -0.25) is 4.79 Å². The molecule has 0 bridgehead atoms. The Labute approximate surface area is 101 Å². The third-order valence-electron chi connectivity index (χ3n) is 3.60. The Kier molecular flexibility index (Phi) is 3.05. The van der Waals surface area contributed by atoms with E-state index in [1.165, 1.54) is 0 Å². The third kappa shape index (κ3) is 2.40. The number of aliphatic carboxylic acids is 1. The quantitative estimate of drug-likeness (QED) is 0.851. The Balaban J connectivity index is 2.04.